The third-order valence-electron chi connectivity index (χ3n) is 4.57. The van der Waals surface area contributed by atoms with Gasteiger partial charge >= 0.3 is 0 Å². The van der Waals surface area contributed by atoms with Gasteiger partial charge in [0.1, 0.15) is 6.10 Å². The second-order valence-corrected chi connectivity index (χ2v) is 6.89. The van der Waals surface area contributed by atoms with Crippen LogP contribution in [0.15, 0.2) is 36.9 Å². The van der Waals surface area contributed by atoms with Crippen molar-refractivity contribution in [2.24, 2.45) is 0 Å². The van der Waals surface area contributed by atoms with Gasteiger partial charge < -0.3 is 15.4 Å². The third kappa shape index (κ3) is 3.98. The predicted octanol–water partition coefficient (Wildman–Crippen LogP) is 3.97. The number of anilines is 1. The number of nitrogens with zero attached hydrogens (tertiary/aromatic N) is 3. The highest BCUT2D eigenvalue weighted by molar-refractivity contribution is 6.32. The second-order valence-electron chi connectivity index (χ2n) is 6.48. The van der Waals surface area contributed by atoms with Crippen molar-refractivity contribution in [1.82, 2.24) is 20.3 Å². The first kappa shape index (κ1) is 18.8. The Kier molecular flexibility index (Phi) is 5.50. The van der Waals surface area contributed by atoms with E-state index in [1.165, 1.54) is 6.20 Å². The minimum atomic E-state index is -2.68. The second kappa shape index (κ2) is 8.20. The SMILES string of the molecule is FC(F)c1cncc(NCc2cc3nccnc3cc2Cl)c1OC1CCNC1. The number of benzene rings is 1. The number of pyridine rings is 1. The predicted molar refractivity (Wildman–Crippen MR) is 103 cm³/mol. The Bertz CT molecular complexity index is 982. The van der Waals surface area contributed by atoms with Crippen LogP contribution in [0, 0.1) is 0 Å². The Labute approximate surface area is 165 Å². The van der Waals surface area contributed by atoms with Crippen molar-refractivity contribution < 1.29 is 13.5 Å². The maximum Gasteiger partial charge on any atom is 0.268 e. The molecule has 3 heterocycles. The molecule has 1 aliphatic heterocycles. The molecule has 1 aliphatic rings. The van der Waals surface area contributed by atoms with Crippen molar-refractivity contribution >= 4 is 28.3 Å². The Morgan fingerprint density at radius 3 is 2.71 bits per heavy atom. The highest BCUT2D eigenvalue weighted by Gasteiger charge is 2.24. The number of alkyl halides is 2. The van der Waals surface area contributed by atoms with Gasteiger partial charge in [-0.1, -0.05) is 11.6 Å². The summed E-state index contributed by atoms with van der Waals surface area (Å²) < 4.78 is 32.9. The molecule has 0 amide bonds. The first-order chi connectivity index (χ1) is 13.6. The lowest BCUT2D eigenvalue weighted by Gasteiger charge is -2.20. The summed E-state index contributed by atoms with van der Waals surface area (Å²) in [5.41, 5.74) is 2.34. The fourth-order valence-electron chi connectivity index (χ4n) is 3.13. The molecule has 3 aromatic rings. The van der Waals surface area contributed by atoms with Gasteiger partial charge in [-0.3, -0.25) is 15.0 Å². The van der Waals surface area contributed by atoms with E-state index in [2.05, 4.69) is 25.6 Å². The maximum atomic E-state index is 13.5. The number of fused-ring (bicyclic) bond motifs is 1. The monoisotopic (exact) mass is 405 g/mol. The van der Waals surface area contributed by atoms with Gasteiger partial charge in [-0.25, -0.2) is 8.78 Å². The fraction of sp³-hybridized carbons (Fsp3) is 0.316. The van der Waals surface area contributed by atoms with Crippen LogP contribution in [-0.2, 0) is 6.54 Å². The maximum absolute atomic E-state index is 13.5. The van der Waals surface area contributed by atoms with E-state index in [0.29, 0.717) is 34.8 Å². The molecule has 6 nitrogen and oxygen atoms in total. The van der Waals surface area contributed by atoms with Crippen LogP contribution in [0.2, 0.25) is 5.02 Å². The first-order valence-electron chi connectivity index (χ1n) is 8.88. The zero-order chi connectivity index (χ0) is 19.5. The van der Waals surface area contributed by atoms with Crippen molar-refractivity contribution in [3.8, 4) is 5.75 Å². The lowest BCUT2D eigenvalue weighted by molar-refractivity contribution is 0.139. The highest BCUT2D eigenvalue weighted by atomic mass is 35.5. The molecule has 1 aromatic carbocycles. The molecule has 1 saturated heterocycles. The van der Waals surface area contributed by atoms with Gasteiger partial charge in [-0.2, -0.15) is 0 Å². The normalized spacial score (nSPS) is 16.6. The number of aromatic nitrogens is 3. The number of nitrogens with one attached hydrogen (secondary N) is 2. The van der Waals surface area contributed by atoms with Crippen molar-refractivity contribution in [2.75, 3.05) is 18.4 Å². The molecule has 0 radical (unpaired) electrons. The molecule has 0 aliphatic carbocycles. The van der Waals surface area contributed by atoms with E-state index in [-0.39, 0.29) is 17.4 Å². The average molecular weight is 406 g/mol. The van der Waals surface area contributed by atoms with Gasteiger partial charge in [0.05, 0.1) is 28.5 Å². The molecule has 146 valence electrons. The van der Waals surface area contributed by atoms with Crippen LogP contribution in [0.5, 0.6) is 5.75 Å². The van der Waals surface area contributed by atoms with Crippen LogP contribution < -0.4 is 15.4 Å². The summed E-state index contributed by atoms with van der Waals surface area (Å²) >= 11 is 6.35. The highest BCUT2D eigenvalue weighted by Crippen LogP contribution is 2.36. The molecular weight excluding hydrogens is 388 g/mol. The molecule has 2 N–H and O–H groups in total. The van der Waals surface area contributed by atoms with E-state index in [9.17, 15) is 8.78 Å². The number of hydrogen-bond donors (Lipinski definition) is 2. The number of halogens is 3. The quantitative estimate of drug-likeness (QED) is 0.646. The van der Waals surface area contributed by atoms with E-state index in [4.69, 9.17) is 16.3 Å². The van der Waals surface area contributed by atoms with Gasteiger partial charge in [0.15, 0.2) is 5.75 Å². The minimum Gasteiger partial charge on any atom is -0.486 e. The summed E-state index contributed by atoms with van der Waals surface area (Å²) in [5.74, 6) is 0.135. The summed E-state index contributed by atoms with van der Waals surface area (Å²) in [7, 11) is 0. The molecule has 9 heteroatoms. The van der Waals surface area contributed by atoms with Crippen LogP contribution in [-0.4, -0.2) is 34.1 Å². The topological polar surface area (TPSA) is 72.0 Å². The third-order valence-corrected chi connectivity index (χ3v) is 4.92. The molecule has 1 atom stereocenters. The Morgan fingerprint density at radius 2 is 2.00 bits per heavy atom. The Balaban J connectivity index is 1.60. The van der Waals surface area contributed by atoms with E-state index in [0.717, 1.165) is 24.7 Å². The van der Waals surface area contributed by atoms with Gasteiger partial charge in [0, 0.05) is 36.7 Å². The molecule has 0 spiro atoms. The molecule has 4 rings (SSSR count). The van der Waals surface area contributed by atoms with Crippen molar-refractivity contribution in [3.63, 3.8) is 0 Å². The Hall–Kier alpha value is -2.58. The van der Waals surface area contributed by atoms with Crippen molar-refractivity contribution in [3.05, 3.63) is 53.1 Å². The van der Waals surface area contributed by atoms with Crippen molar-refractivity contribution in [2.45, 2.75) is 25.5 Å². The van der Waals surface area contributed by atoms with Crippen LogP contribution in [0.25, 0.3) is 11.0 Å². The van der Waals surface area contributed by atoms with E-state index >= 15 is 0 Å². The molecule has 2 aromatic heterocycles. The molecule has 1 unspecified atom stereocenters. The average Bonchev–Trinajstić information content (AvgIpc) is 3.20. The zero-order valence-corrected chi connectivity index (χ0v) is 15.6. The Morgan fingerprint density at radius 1 is 1.21 bits per heavy atom. The van der Waals surface area contributed by atoms with Gasteiger partial charge in [0.25, 0.3) is 6.43 Å². The van der Waals surface area contributed by atoms with Crippen LogP contribution >= 0.6 is 11.6 Å². The fourth-order valence-corrected chi connectivity index (χ4v) is 3.35. The van der Waals surface area contributed by atoms with Crippen molar-refractivity contribution in [1.29, 1.82) is 0 Å². The summed E-state index contributed by atoms with van der Waals surface area (Å²) in [6.45, 7) is 1.73. The molecule has 28 heavy (non-hydrogen) atoms. The van der Waals surface area contributed by atoms with Crippen LogP contribution in [0.4, 0.5) is 14.5 Å². The van der Waals surface area contributed by atoms with Gasteiger partial charge in [-0.05, 0) is 30.7 Å². The smallest absolute Gasteiger partial charge is 0.268 e. The lowest BCUT2D eigenvalue weighted by Crippen LogP contribution is -2.21. The summed E-state index contributed by atoms with van der Waals surface area (Å²) in [6.07, 6.45) is 3.76. The number of rotatable bonds is 6. The van der Waals surface area contributed by atoms with Crippen LogP contribution in [0.1, 0.15) is 24.0 Å². The molecule has 0 bridgehead atoms. The molecule has 1 fully saturated rings. The van der Waals surface area contributed by atoms with Gasteiger partial charge in [0.2, 0.25) is 0 Å². The largest absolute Gasteiger partial charge is 0.486 e. The summed E-state index contributed by atoms with van der Waals surface area (Å²) in [4.78, 5) is 12.4. The standard InChI is InChI=1S/C19H18ClF2N5O/c20-14-6-16-15(25-3-4-26-16)5-11(14)7-27-17-10-24-9-13(19(21)22)18(17)28-12-1-2-23-8-12/h3-6,9-10,12,19,23,27H,1-2,7-8H2. The van der Waals surface area contributed by atoms with E-state index < -0.39 is 6.43 Å². The minimum absolute atomic E-state index is 0.135. The zero-order valence-electron chi connectivity index (χ0n) is 14.8. The summed E-state index contributed by atoms with van der Waals surface area (Å²) in [5, 5.41) is 6.81. The van der Waals surface area contributed by atoms with E-state index in [1.54, 1.807) is 18.5 Å². The number of hydrogen-bond acceptors (Lipinski definition) is 6. The lowest BCUT2D eigenvalue weighted by atomic mass is 10.1. The molecular formula is C19H18ClF2N5O. The van der Waals surface area contributed by atoms with Gasteiger partial charge in [-0.15, -0.1) is 0 Å². The number of ether oxygens (including phenoxy) is 1. The summed E-state index contributed by atoms with van der Waals surface area (Å²) in [6, 6.07) is 3.56. The molecule has 0 saturated carbocycles. The van der Waals surface area contributed by atoms with E-state index in [1.807, 2.05) is 6.07 Å². The van der Waals surface area contributed by atoms with Crippen LogP contribution in [0.3, 0.4) is 0 Å². The first-order valence-corrected chi connectivity index (χ1v) is 9.26.